The van der Waals surface area contributed by atoms with Gasteiger partial charge < -0.3 is 9.88 Å². The highest BCUT2D eigenvalue weighted by atomic mass is 35.5. The van der Waals surface area contributed by atoms with Gasteiger partial charge in [0.25, 0.3) is 5.56 Å². The zero-order valence-corrected chi connectivity index (χ0v) is 18.9. The maximum Gasteiger partial charge on any atom is 0.253 e. The number of pyridine rings is 1. The number of nitrogens with zero attached hydrogens (tertiary/aromatic N) is 1. The van der Waals surface area contributed by atoms with Gasteiger partial charge in [-0.05, 0) is 59.7 Å². The van der Waals surface area contributed by atoms with Gasteiger partial charge in [-0.3, -0.25) is 9.59 Å². The number of carbonyl (C=O) groups excluding carboxylic acids is 1. The highest BCUT2D eigenvalue weighted by Crippen LogP contribution is 2.25. The van der Waals surface area contributed by atoms with Crippen molar-refractivity contribution in [2.24, 2.45) is 0 Å². The van der Waals surface area contributed by atoms with Gasteiger partial charge in [-0.1, -0.05) is 60.7 Å². The summed E-state index contributed by atoms with van der Waals surface area (Å²) in [4.78, 5) is 30.9. The van der Waals surface area contributed by atoms with Crippen molar-refractivity contribution in [1.29, 1.82) is 0 Å². The van der Waals surface area contributed by atoms with Crippen LogP contribution in [0.5, 0.6) is 0 Å². The zero-order valence-electron chi connectivity index (χ0n) is 18.1. The number of fused-ring (bicyclic) bond motifs is 1. The number of aromatic amines is 1. The van der Waals surface area contributed by atoms with Gasteiger partial charge in [-0.2, -0.15) is 0 Å². The highest BCUT2D eigenvalue weighted by molar-refractivity contribution is 6.30. The minimum absolute atomic E-state index is 0.169. The average Bonchev–Trinajstić information content (AvgIpc) is 2.80. The Hall–Kier alpha value is -3.37. The Morgan fingerprint density at radius 1 is 0.906 bits per heavy atom. The highest BCUT2D eigenvalue weighted by Gasteiger charge is 2.25. The van der Waals surface area contributed by atoms with Crippen molar-refractivity contribution in [3.05, 3.63) is 117 Å². The van der Waals surface area contributed by atoms with E-state index in [1.807, 2.05) is 86.6 Å². The van der Waals surface area contributed by atoms with Crippen molar-refractivity contribution in [1.82, 2.24) is 9.88 Å². The third-order valence-electron chi connectivity index (χ3n) is 5.73. The van der Waals surface area contributed by atoms with Gasteiger partial charge >= 0.3 is 0 Å². The molecule has 0 aliphatic carbocycles. The van der Waals surface area contributed by atoms with E-state index < -0.39 is 5.38 Å². The van der Waals surface area contributed by atoms with Crippen LogP contribution in [0.15, 0.2) is 83.7 Å². The molecule has 1 atom stereocenters. The predicted molar refractivity (Wildman–Crippen MR) is 130 cm³/mol. The number of hydrogen-bond acceptors (Lipinski definition) is 2. The monoisotopic (exact) mass is 444 g/mol. The van der Waals surface area contributed by atoms with Crippen LogP contribution in [-0.4, -0.2) is 15.8 Å². The van der Waals surface area contributed by atoms with Gasteiger partial charge in [0.15, 0.2) is 0 Å². The van der Waals surface area contributed by atoms with E-state index in [0.717, 1.165) is 33.2 Å². The van der Waals surface area contributed by atoms with E-state index in [1.54, 1.807) is 4.90 Å². The summed E-state index contributed by atoms with van der Waals surface area (Å²) in [7, 11) is 0. The summed E-state index contributed by atoms with van der Waals surface area (Å²) in [6.07, 6.45) is 0. The summed E-state index contributed by atoms with van der Waals surface area (Å²) >= 11 is 6.58. The third-order valence-corrected chi connectivity index (χ3v) is 6.17. The van der Waals surface area contributed by atoms with Crippen LogP contribution in [0, 0.1) is 13.8 Å². The van der Waals surface area contributed by atoms with Crippen molar-refractivity contribution in [2.45, 2.75) is 32.3 Å². The molecule has 0 fully saturated rings. The predicted octanol–water partition coefficient (Wildman–Crippen LogP) is 5.65. The lowest BCUT2D eigenvalue weighted by molar-refractivity contribution is -0.132. The molecule has 5 heteroatoms. The summed E-state index contributed by atoms with van der Waals surface area (Å²) in [5.74, 6) is -0.235. The fourth-order valence-electron chi connectivity index (χ4n) is 3.79. The molecule has 1 N–H and O–H groups in total. The lowest BCUT2D eigenvalue weighted by atomic mass is 10.0. The SMILES string of the molecule is Cc1cc2cc(CN(Cc3ccccc3)C(=O)[C@H](Cl)c3ccccc3)c(=O)[nH]c2cc1C. The fourth-order valence-corrected chi connectivity index (χ4v) is 4.07. The van der Waals surface area contributed by atoms with Crippen molar-refractivity contribution in [2.75, 3.05) is 0 Å². The molecular formula is C27H25ClN2O2. The van der Waals surface area contributed by atoms with Gasteiger partial charge in [0, 0.05) is 17.6 Å². The largest absolute Gasteiger partial charge is 0.332 e. The normalized spacial score (nSPS) is 12.0. The van der Waals surface area contributed by atoms with Crippen molar-refractivity contribution >= 4 is 28.4 Å². The molecule has 3 aromatic carbocycles. The smallest absolute Gasteiger partial charge is 0.253 e. The van der Waals surface area contributed by atoms with Crippen LogP contribution < -0.4 is 5.56 Å². The van der Waals surface area contributed by atoms with E-state index in [-0.39, 0.29) is 18.0 Å². The first-order chi connectivity index (χ1) is 15.4. The maximum absolute atomic E-state index is 13.4. The number of rotatable bonds is 6. The first kappa shape index (κ1) is 21.8. The third kappa shape index (κ3) is 4.76. The van der Waals surface area contributed by atoms with Crippen LogP contribution in [0.3, 0.4) is 0 Å². The molecule has 4 aromatic rings. The van der Waals surface area contributed by atoms with Crippen LogP contribution in [0.25, 0.3) is 10.9 Å². The second-order valence-electron chi connectivity index (χ2n) is 8.10. The Bertz CT molecular complexity index is 1300. The lowest BCUT2D eigenvalue weighted by Gasteiger charge is -2.25. The molecule has 32 heavy (non-hydrogen) atoms. The quantitative estimate of drug-likeness (QED) is 0.390. The Kier molecular flexibility index (Phi) is 6.42. The molecule has 0 radical (unpaired) electrons. The number of aryl methyl sites for hydroxylation is 2. The lowest BCUT2D eigenvalue weighted by Crippen LogP contribution is -2.34. The van der Waals surface area contributed by atoms with E-state index in [0.29, 0.717) is 12.1 Å². The first-order valence-electron chi connectivity index (χ1n) is 10.6. The number of benzene rings is 3. The van der Waals surface area contributed by atoms with Gasteiger partial charge in [0.1, 0.15) is 5.38 Å². The molecule has 0 saturated heterocycles. The fraction of sp³-hybridized carbons (Fsp3) is 0.185. The molecular weight excluding hydrogens is 420 g/mol. The Balaban J connectivity index is 1.70. The van der Waals surface area contributed by atoms with Crippen LogP contribution in [-0.2, 0) is 17.9 Å². The number of alkyl halides is 1. The number of nitrogens with one attached hydrogen (secondary N) is 1. The molecule has 0 aliphatic rings. The number of halogens is 1. The molecule has 0 bridgehead atoms. The molecule has 0 spiro atoms. The Morgan fingerprint density at radius 3 is 2.22 bits per heavy atom. The van der Waals surface area contributed by atoms with E-state index >= 15 is 0 Å². The Morgan fingerprint density at radius 2 is 1.53 bits per heavy atom. The van der Waals surface area contributed by atoms with Gasteiger partial charge in [0.05, 0.1) is 6.54 Å². The number of hydrogen-bond donors (Lipinski definition) is 1. The second-order valence-corrected chi connectivity index (χ2v) is 8.54. The topological polar surface area (TPSA) is 53.2 Å². The standard InChI is InChI=1S/C27H25ClN2O2/c1-18-13-22-15-23(26(31)29-24(22)14-19(18)2)17-30(16-20-9-5-3-6-10-20)27(32)25(28)21-11-7-4-8-12-21/h3-15,25H,16-17H2,1-2H3,(H,29,31)/t25-/m1/s1. The molecule has 4 nitrogen and oxygen atoms in total. The first-order valence-corrected chi connectivity index (χ1v) is 11.0. The van der Waals surface area contributed by atoms with Crippen LogP contribution in [0.4, 0.5) is 0 Å². The molecule has 0 unspecified atom stereocenters. The second kappa shape index (κ2) is 9.41. The molecule has 1 heterocycles. The van der Waals surface area contributed by atoms with E-state index in [9.17, 15) is 9.59 Å². The van der Waals surface area contributed by atoms with Crippen LogP contribution in [0.1, 0.15) is 33.2 Å². The van der Waals surface area contributed by atoms with Gasteiger partial charge in [-0.25, -0.2) is 0 Å². The molecule has 1 aromatic heterocycles. The van der Waals surface area contributed by atoms with E-state index in [1.165, 1.54) is 0 Å². The molecule has 0 aliphatic heterocycles. The van der Waals surface area contributed by atoms with Gasteiger partial charge in [-0.15, -0.1) is 11.6 Å². The van der Waals surface area contributed by atoms with Crippen molar-refractivity contribution in [3.63, 3.8) is 0 Å². The van der Waals surface area contributed by atoms with E-state index in [2.05, 4.69) is 11.1 Å². The molecule has 1 amide bonds. The zero-order chi connectivity index (χ0) is 22.7. The Labute approximate surface area is 192 Å². The molecule has 162 valence electrons. The van der Waals surface area contributed by atoms with Crippen LogP contribution in [0.2, 0.25) is 0 Å². The summed E-state index contributed by atoms with van der Waals surface area (Å²) in [6.45, 7) is 4.59. The van der Waals surface area contributed by atoms with E-state index in [4.69, 9.17) is 11.6 Å². The van der Waals surface area contributed by atoms with Crippen LogP contribution >= 0.6 is 11.6 Å². The number of H-pyrrole nitrogens is 1. The summed E-state index contributed by atoms with van der Waals surface area (Å²) < 4.78 is 0. The average molecular weight is 445 g/mol. The maximum atomic E-state index is 13.4. The summed E-state index contributed by atoms with van der Waals surface area (Å²) in [5, 5.41) is 0.115. The number of aromatic nitrogens is 1. The van der Waals surface area contributed by atoms with Crippen molar-refractivity contribution < 1.29 is 4.79 Å². The summed E-state index contributed by atoms with van der Waals surface area (Å²) in [5.41, 5.74) is 5.10. The summed E-state index contributed by atoms with van der Waals surface area (Å²) in [6, 6.07) is 24.9. The minimum atomic E-state index is -0.829. The molecule has 0 saturated carbocycles. The molecule has 4 rings (SSSR count). The number of amides is 1. The van der Waals surface area contributed by atoms with Crippen molar-refractivity contribution in [3.8, 4) is 0 Å². The minimum Gasteiger partial charge on any atom is -0.332 e. The number of carbonyl (C=O) groups is 1. The van der Waals surface area contributed by atoms with Gasteiger partial charge in [0.2, 0.25) is 5.91 Å².